The molecule has 2 amide bonds. The van der Waals surface area contributed by atoms with Crippen molar-refractivity contribution >= 4 is 23.4 Å². The smallest absolute Gasteiger partial charge is 0.328 e. The number of carbonyl (C=O) groups is 4. The van der Waals surface area contributed by atoms with Gasteiger partial charge in [0.1, 0.15) is 0 Å². The third-order valence-electron chi connectivity index (χ3n) is 6.60. The second kappa shape index (κ2) is 10.1. The molecule has 2 aromatic heterocycles. The van der Waals surface area contributed by atoms with Gasteiger partial charge in [0.2, 0.25) is 11.8 Å². The van der Waals surface area contributed by atoms with E-state index in [1.807, 2.05) is 0 Å². The van der Waals surface area contributed by atoms with E-state index in [0.29, 0.717) is 0 Å². The zero-order valence-corrected chi connectivity index (χ0v) is 19.9. The van der Waals surface area contributed by atoms with Crippen molar-refractivity contribution in [2.24, 2.45) is 37.8 Å². The van der Waals surface area contributed by atoms with Crippen LogP contribution in [0.25, 0.3) is 0 Å². The Morgan fingerprint density at radius 2 is 0.944 bits per heavy atom. The van der Waals surface area contributed by atoms with Gasteiger partial charge >= 0.3 is 11.4 Å². The zero-order valence-electron chi connectivity index (χ0n) is 19.9. The van der Waals surface area contributed by atoms with E-state index < -0.39 is 35.8 Å². The molecule has 5 rings (SSSR count). The maximum atomic E-state index is 12.1. The number of amides is 2. The van der Waals surface area contributed by atoms with Crippen LogP contribution in [0.5, 0.6) is 0 Å². The fraction of sp³-hybridized carbons (Fsp3) is 0.455. The van der Waals surface area contributed by atoms with Crippen LogP contribution in [0.2, 0.25) is 0 Å². The summed E-state index contributed by atoms with van der Waals surface area (Å²) in [6.07, 6.45) is 2.65. The van der Waals surface area contributed by atoms with Crippen LogP contribution in [0.3, 0.4) is 0 Å². The topological polar surface area (TPSA) is 202 Å². The van der Waals surface area contributed by atoms with E-state index in [9.17, 15) is 38.4 Å². The Hall–Kier alpha value is -4.36. The lowest BCUT2D eigenvalue weighted by atomic mass is 9.55. The van der Waals surface area contributed by atoms with Gasteiger partial charge in [0.15, 0.2) is 11.6 Å². The Balaban J connectivity index is 0.000000169. The molecular formula is C22H26N6O8. The Morgan fingerprint density at radius 1 is 0.611 bits per heavy atom. The first-order chi connectivity index (χ1) is 16.9. The monoisotopic (exact) mass is 502 g/mol. The highest BCUT2D eigenvalue weighted by molar-refractivity contribution is 6.12. The zero-order chi connectivity index (χ0) is 26.9. The number of rotatable bonds is 0. The normalized spacial score (nSPS) is 28.0. The van der Waals surface area contributed by atoms with Crippen LogP contribution in [-0.2, 0) is 33.3 Å². The summed E-state index contributed by atoms with van der Waals surface area (Å²) in [7, 11) is 2.84. The number of H-pyrrole nitrogens is 2. The SMILES string of the molecule is CC1C(=O)NC2C3NC(=O)C(C)C(=O)C3C2C1=O.Cn1c(=O)cc[nH]c1=O.Cn1c(=O)cc[nH]c1=O. The number of hydrogen-bond donors (Lipinski definition) is 4. The second-order valence-electron chi connectivity index (χ2n) is 8.73. The minimum absolute atomic E-state index is 0.179. The molecule has 0 radical (unpaired) electrons. The molecule has 3 aliphatic rings. The van der Waals surface area contributed by atoms with Crippen LogP contribution in [0.15, 0.2) is 43.7 Å². The highest BCUT2D eigenvalue weighted by Gasteiger charge is 2.64. The molecule has 1 saturated carbocycles. The summed E-state index contributed by atoms with van der Waals surface area (Å²) in [5.41, 5.74) is -1.36. The van der Waals surface area contributed by atoms with Gasteiger partial charge in [-0.25, -0.2) is 9.59 Å². The van der Waals surface area contributed by atoms with Gasteiger partial charge in [0, 0.05) is 38.6 Å². The van der Waals surface area contributed by atoms with Gasteiger partial charge in [-0.1, -0.05) is 0 Å². The van der Waals surface area contributed by atoms with E-state index in [2.05, 4.69) is 20.6 Å². The molecule has 2 saturated heterocycles. The molecule has 0 spiro atoms. The molecule has 1 aliphatic carbocycles. The van der Waals surface area contributed by atoms with Gasteiger partial charge in [0.25, 0.3) is 11.1 Å². The lowest BCUT2D eigenvalue weighted by Crippen LogP contribution is -2.79. The number of aromatic nitrogens is 4. The quantitative estimate of drug-likeness (QED) is 0.269. The molecule has 14 heteroatoms. The predicted molar refractivity (Wildman–Crippen MR) is 124 cm³/mol. The van der Waals surface area contributed by atoms with Crippen LogP contribution >= 0.6 is 0 Å². The second-order valence-corrected chi connectivity index (χ2v) is 8.73. The van der Waals surface area contributed by atoms with E-state index in [-0.39, 0.29) is 45.9 Å². The summed E-state index contributed by atoms with van der Waals surface area (Å²) in [4.78, 5) is 94.2. The molecule has 4 heterocycles. The number of carbonyl (C=O) groups excluding carboxylic acids is 4. The third kappa shape index (κ3) is 4.74. The standard InChI is InChI=1S/C12H14N2O4.2C5H6N2O2/c1-3-9(15)5-6-8(7(5)13-11(3)17)14-12(18)4(2)10(6)16;2*1-7-4(8)2-3-6-5(7)9/h3-8H,1-2H3,(H,13,17)(H,14,18);2*2-3H,1H3,(H,6,9). The number of Topliss-reactive ketones (excluding diaryl/α,β-unsaturated/α-hetero) is 2. The lowest BCUT2D eigenvalue weighted by Gasteiger charge is -2.56. The molecule has 3 fully saturated rings. The number of hydrogen-bond acceptors (Lipinski definition) is 8. The van der Waals surface area contributed by atoms with E-state index in [4.69, 9.17) is 0 Å². The Morgan fingerprint density at radius 3 is 1.22 bits per heavy atom. The summed E-state index contributed by atoms with van der Waals surface area (Å²) in [5.74, 6) is -3.32. The highest BCUT2D eigenvalue weighted by atomic mass is 16.2. The lowest BCUT2D eigenvalue weighted by molar-refractivity contribution is -0.164. The Labute approximate surface area is 202 Å². The largest absolute Gasteiger partial charge is 0.350 e. The molecule has 6 atom stereocenters. The molecule has 0 aromatic carbocycles. The average Bonchev–Trinajstić information content (AvgIpc) is 2.83. The first-order valence-electron chi connectivity index (χ1n) is 11.0. The number of piperidine rings is 2. The van der Waals surface area contributed by atoms with E-state index in [1.165, 1.54) is 38.6 Å². The molecule has 2 aromatic rings. The maximum absolute atomic E-state index is 12.1. The fourth-order valence-electron chi connectivity index (χ4n) is 4.22. The summed E-state index contributed by atoms with van der Waals surface area (Å²) < 4.78 is 2.00. The van der Waals surface area contributed by atoms with Gasteiger partial charge in [-0.3, -0.25) is 37.9 Å². The highest BCUT2D eigenvalue weighted by Crippen LogP contribution is 2.43. The minimum atomic E-state index is -0.701. The number of nitrogens with one attached hydrogen (secondary N) is 4. The molecule has 6 unspecified atom stereocenters. The van der Waals surface area contributed by atoms with Crippen molar-refractivity contribution in [1.82, 2.24) is 29.7 Å². The molecule has 36 heavy (non-hydrogen) atoms. The fourth-order valence-corrected chi connectivity index (χ4v) is 4.22. The van der Waals surface area contributed by atoms with Crippen molar-refractivity contribution in [1.29, 1.82) is 0 Å². The molecule has 4 N–H and O–H groups in total. The van der Waals surface area contributed by atoms with Gasteiger partial charge < -0.3 is 20.6 Å². The summed E-state index contributed by atoms with van der Waals surface area (Å²) in [6.45, 7) is 3.10. The van der Waals surface area contributed by atoms with Crippen LogP contribution in [-0.4, -0.2) is 54.6 Å². The first kappa shape index (κ1) is 26.2. The summed E-state index contributed by atoms with van der Waals surface area (Å²) in [6, 6.07) is 1.76. The molecule has 14 nitrogen and oxygen atoms in total. The number of aromatic amines is 2. The van der Waals surface area contributed by atoms with Crippen molar-refractivity contribution in [3.8, 4) is 0 Å². The van der Waals surface area contributed by atoms with Crippen LogP contribution in [0, 0.1) is 23.7 Å². The van der Waals surface area contributed by atoms with Gasteiger partial charge in [-0.2, -0.15) is 0 Å². The number of ketones is 2. The first-order valence-corrected chi connectivity index (χ1v) is 11.0. The number of fused-ring (bicyclic) bond motifs is 4. The molecular weight excluding hydrogens is 476 g/mol. The van der Waals surface area contributed by atoms with Crippen molar-refractivity contribution in [3.63, 3.8) is 0 Å². The Kier molecular flexibility index (Phi) is 7.36. The predicted octanol–water partition coefficient (Wildman–Crippen LogP) is -3.21. The van der Waals surface area contributed by atoms with Crippen molar-refractivity contribution < 1.29 is 19.2 Å². The number of nitrogens with zero attached hydrogens (tertiary/aromatic N) is 2. The molecule has 2 aliphatic heterocycles. The van der Waals surface area contributed by atoms with E-state index in [1.54, 1.807) is 13.8 Å². The van der Waals surface area contributed by atoms with Gasteiger partial charge in [-0.05, 0) is 13.8 Å². The maximum Gasteiger partial charge on any atom is 0.328 e. The van der Waals surface area contributed by atoms with E-state index >= 15 is 0 Å². The van der Waals surface area contributed by atoms with Crippen molar-refractivity contribution in [3.05, 3.63) is 66.2 Å². The van der Waals surface area contributed by atoms with Crippen LogP contribution < -0.4 is 33.1 Å². The summed E-state index contributed by atoms with van der Waals surface area (Å²) in [5, 5.41) is 5.45. The molecule has 0 bridgehead atoms. The minimum Gasteiger partial charge on any atom is -0.350 e. The van der Waals surface area contributed by atoms with E-state index in [0.717, 1.165) is 9.13 Å². The summed E-state index contributed by atoms with van der Waals surface area (Å²) >= 11 is 0. The third-order valence-corrected chi connectivity index (χ3v) is 6.60. The van der Waals surface area contributed by atoms with Crippen LogP contribution in [0.1, 0.15) is 13.8 Å². The van der Waals surface area contributed by atoms with Crippen molar-refractivity contribution in [2.45, 2.75) is 25.9 Å². The van der Waals surface area contributed by atoms with Crippen LogP contribution in [0.4, 0.5) is 0 Å². The Bertz CT molecular complexity index is 1280. The molecule has 192 valence electrons. The van der Waals surface area contributed by atoms with Gasteiger partial charge in [0.05, 0.1) is 35.8 Å². The van der Waals surface area contributed by atoms with Gasteiger partial charge in [-0.15, -0.1) is 0 Å². The van der Waals surface area contributed by atoms with Crippen molar-refractivity contribution in [2.75, 3.05) is 0 Å². The average molecular weight is 502 g/mol.